The maximum atomic E-state index is 11.0. The quantitative estimate of drug-likeness (QED) is 0.517. The van der Waals surface area contributed by atoms with Gasteiger partial charge in [0.05, 0.1) is 24.7 Å². The van der Waals surface area contributed by atoms with E-state index in [1.165, 1.54) is 18.7 Å². The van der Waals surface area contributed by atoms with E-state index in [1.807, 2.05) is 24.3 Å². The molecule has 0 fully saturated rings. The summed E-state index contributed by atoms with van der Waals surface area (Å²) < 4.78 is 4.50. The number of esters is 1. The van der Waals surface area contributed by atoms with Crippen LogP contribution in [0, 0.1) is 0 Å². The maximum absolute atomic E-state index is 11.0. The Labute approximate surface area is 122 Å². The van der Waals surface area contributed by atoms with Crippen molar-refractivity contribution in [1.82, 2.24) is 9.97 Å². The number of carbonyl (C=O) groups is 1. The minimum absolute atomic E-state index is 0.374. The molecule has 1 aromatic heterocycles. The number of imidazole rings is 1. The molecule has 1 N–H and O–H groups in total. The van der Waals surface area contributed by atoms with Gasteiger partial charge in [-0.3, -0.25) is 0 Å². The predicted octanol–water partition coefficient (Wildman–Crippen LogP) is 3.57. The van der Waals surface area contributed by atoms with Gasteiger partial charge in [0.1, 0.15) is 0 Å². The van der Waals surface area contributed by atoms with Gasteiger partial charge >= 0.3 is 5.97 Å². The van der Waals surface area contributed by atoms with Crippen LogP contribution in [0.3, 0.4) is 0 Å². The second-order valence-corrected chi connectivity index (χ2v) is 4.24. The topological polar surface area (TPSA) is 79.7 Å². The van der Waals surface area contributed by atoms with E-state index in [-0.39, 0.29) is 0 Å². The Kier molecular flexibility index (Phi) is 4.98. The number of hydrogen-bond acceptors (Lipinski definition) is 5. The molecule has 0 atom stereocenters. The van der Waals surface area contributed by atoms with Crippen LogP contribution >= 0.6 is 0 Å². The normalized spacial score (nSPS) is 11.3. The maximum Gasteiger partial charge on any atom is 0.330 e. The average molecular weight is 284 g/mol. The van der Waals surface area contributed by atoms with Crippen molar-refractivity contribution in [3.8, 4) is 0 Å². The van der Waals surface area contributed by atoms with Gasteiger partial charge in [-0.05, 0) is 30.2 Å². The van der Waals surface area contributed by atoms with E-state index in [0.29, 0.717) is 11.6 Å². The van der Waals surface area contributed by atoms with Gasteiger partial charge in [0.15, 0.2) is 0 Å². The molecule has 0 spiro atoms. The Balaban J connectivity index is 2.02. The second-order valence-electron chi connectivity index (χ2n) is 4.24. The van der Waals surface area contributed by atoms with Gasteiger partial charge in [-0.25, -0.2) is 9.78 Å². The summed E-state index contributed by atoms with van der Waals surface area (Å²) in [5, 5.41) is 8.10. The summed E-state index contributed by atoms with van der Waals surface area (Å²) in [6.07, 6.45) is 5.42. The Bertz CT molecular complexity index is 657. The van der Waals surface area contributed by atoms with E-state index in [1.54, 1.807) is 12.3 Å². The van der Waals surface area contributed by atoms with Crippen molar-refractivity contribution in [2.45, 2.75) is 13.3 Å². The van der Waals surface area contributed by atoms with Crippen molar-refractivity contribution in [1.29, 1.82) is 0 Å². The van der Waals surface area contributed by atoms with Crippen molar-refractivity contribution in [3.05, 3.63) is 47.8 Å². The number of nitrogens with zero attached hydrogens (tertiary/aromatic N) is 3. The number of aryl methyl sites for hydroxylation is 1. The predicted molar refractivity (Wildman–Crippen MR) is 79.6 cm³/mol. The third-order valence-electron chi connectivity index (χ3n) is 2.79. The third-order valence-corrected chi connectivity index (χ3v) is 2.79. The fraction of sp³-hybridized carbons (Fsp3) is 0.200. The summed E-state index contributed by atoms with van der Waals surface area (Å²) in [5.74, 6) is -0.0529. The van der Waals surface area contributed by atoms with Gasteiger partial charge in [0, 0.05) is 6.08 Å². The van der Waals surface area contributed by atoms with E-state index in [2.05, 4.69) is 31.9 Å². The van der Waals surface area contributed by atoms with Crippen LogP contribution in [0.25, 0.3) is 6.08 Å². The molecule has 6 nitrogen and oxygen atoms in total. The summed E-state index contributed by atoms with van der Waals surface area (Å²) in [6, 6.07) is 7.84. The second kappa shape index (κ2) is 7.14. The number of methoxy groups -OCH3 is 1. The lowest BCUT2D eigenvalue weighted by Crippen LogP contribution is -1.93. The van der Waals surface area contributed by atoms with Crippen molar-refractivity contribution in [3.63, 3.8) is 0 Å². The number of benzene rings is 1. The monoisotopic (exact) mass is 284 g/mol. The Hall–Kier alpha value is -2.76. The van der Waals surface area contributed by atoms with Gasteiger partial charge in [-0.2, -0.15) is 0 Å². The Morgan fingerprint density at radius 1 is 1.33 bits per heavy atom. The minimum Gasteiger partial charge on any atom is -0.466 e. The van der Waals surface area contributed by atoms with Gasteiger partial charge in [-0.15, -0.1) is 10.2 Å². The van der Waals surface area contributed by atoms with Gasteiger partial charge in [0.2, 0.25) is 5.95 Å². The first kappa shape index (κ1) is 14.6. The van der Waals surface area contributed by atoms with Crippen molar-refractivity contribution >= 4 is 23.7 Å². The molecule has 0 aliphatic carbocycles. The SMILES string of the molecule is CCc1ccc(N=Nc2ncc(/C=C/C(=O)OC)[nH]2)cc1. The first-order valence-electron chi connectivity index (χ1n) is 6.53. The first-order valence-corrected chi connectivity index (χ1v) is 6.53. The molecule has 21 heavy (non-hydrogen) atoms. The Morgan fingerprint density at radius 3 is 2.76 bits per heavy atom. The number of hydrogen-bond donors (Lipinski definition) is 1. The summed E-state index contributed by atoms with van der Waals surface area (Å²) in [6.45, 7) is 2.10. The number of nitrogens with one attached hydrogen (secondary N) is 1. The van der Waals surface area contributed by atoms with Gasteiger partial charge < -0.3 is 9.72 Å². The molecule has 0 bridgehead atoms. The highest BCUT2D eigenvalue weighted by atomic mass is 16.5. The van der Waals surface area contributed by atoms with Crippen LogP contribution < -0.4 is 0 Å². The van der Waals surface area contributed by atoms with Crippen LogP contribution in [-0.2, 0) is 16.0 Å². The number of carbonyl (C=O) groups excluding carboxylic acids is 1. The lowest BCUT2D eigenvalue weighted by Gasteiger charge is -1.95. The van der Waals surface area contributed by atoms with Crippen LogP contribution in [-0.4, -0.2) is 23.0 Å². The molecule has 108 valence electrons. The average Bonchev–Trinajstić information content (AvgIpc) is 2.99. The van der Waals surface area contributed by atoms with Crippen molar-refractivity contribution in [2.24, 2.45) is 10.2 Å². The number of azo groups is 1. The number of aromatic amines is 1. The molecule has 0 saturated heterocycles. The molecule has 1 aromatic carbocycles. The standard InChI is InChI=1S/C15H16N4O2/c1-3-11-4-6-12(7-5-11)18-19-15-16-10-13(17-15)8-9-14(20)21-2/h4-10H,3H2,1-2H3,(H,16,17)/b9-8+,19-18?. The fourth-order valence-corrected chi connectivity index (χ4v) is 1.59. The molecule has 0 amide bonds. The summed E-state index contributed by atoms with van der Waals surface area (Å²) in [5.41, 5.74) is 2.66. The number of rotatable bonds is 5. The largest absolute Gasteiger partial charge is 0.466 e. The molecule has 2 aromatic rings. The van der Waals surface area contributed by atoms with E-state index in [9.17, 15) is 4.79 Å². The Morgan fingerprint density at radius 2 is 2.10 bits per heavy atom. The summed E-state index contributed by atoms with van der Waals surface area (Å²) in [4.78, 5) is 17.9. The smallest absolute Gasteiger partial charge is 0.330 e. The molecule has 0 aliphatic heterocycles. The minimum atomic E-state index is -0.427. The molecule has 2 rings (SSSR count). The zero-order valence-electron chi connectivity index (χ0n) is 11.9. The highest BCUT2D eigenvalue weighted by molar-refractivity contribution is 5.86. The first-order chi connectivity index (χ1) is 10.2. The molecular formula is C15H16N4O2. The molecular weight excluding hydrogens is 268 g/mol. The van der Waals surface area contributed by atoms with Gasteiger partial charge in [0.25, 0.3) is 0 Å². The van der Waals surface area contributed by atoms with E-state index in [0.717, 1.165) is 12.1 Å². The molecule has 0 saturated carbocycles. The lowest BCUT2D eigenvalue weighted by molar-refractivity contribution is -0.134. The van der Waals surface area contributed by atoms with Crippen LogP contribution in [0.4, 0.5) is 11.6 Å². The lowest BCUT2D eigenvalue weighted by atomic mass is 10.2. The van der Waals surface area contributed by atoms with Crippen molar-refractivity contribution in [2.75, 3.05) is 7.11 Å². The zero-order valence-corrected chi connectivity index (χ0v) is 11.9. The highest BCUT2D eigenvalue weighted by Gasteiger charge is 1.98. The third kappa shape index (κ3) is 4.38. The molecule has 1 heterocycles. The number of aromatic nitrogens is 2. The molecule has 0 unspecified atom stereocenters. The molecule has 0 radical (unpaired) electrons. The van der Waals surface area contributed by atoms with E-state index in [4.69, 9.17) is 0 Å². The summed E-state index contributed by atoms with van der Waals surface area (Å²) >= 11 is 0. The highest BCUT2D eigenvalue weighted by Crippen LogP contribution is 2.17. The van der Waals surface area contributed by atoms with E-state index < -0.39 is 5.97 Å². The molecule has 0 aliphatic rings. The van der Waals surface area contributed by atoms with Crippen LogP contribution in [0.1, 0.15) is 18.2 Å². The zero-order chi connectivity index (χ0) is 15.1. The number of ether oxygens (including phenoxy) is 1. The molecule has 6 heteroatoms. The van der Waals surface area contributed by atoms with Crippen LogP contribution in [0.15, 0.2) is 46.8 Å². The van der Waals surface area contributed by atoms with Crippen LogP contribution in [0.5, 0.6) is 0 Å². The van der Waals surface area contributed by atoms with Crippen molar-refractivity contribution < 1.29 is 9.53 Å². The van der Waals surface area contributed by atoms with Crippen LogP contribution in [0.2, 0.25) is 0 Å². The van der Waals surface area contributed by atoms with Gasteiger partial charge in [-0.1, -0.05) is 19.1 Å². The van der Waals surface area contributed by atoms with E-state index >= 15 is 0 Å². The fourth-order valence-electron chi connectivity index (χ4n) is 1.59. The number of H-pyrrole nitrogens is 1. The summed E-state index contributed by atoms with van der Waals surface area (Å²) in [7, 11) is 1.32.